The predicted octanol–water partition coefficient (Wildman–Crippen LogP) is 3.76. The van der Waals surface area contributed by atoms with E-state index < -0.39 is 5.54 Å². The Balaban J connectivity index is 2.47. The second-order valence-electron chi connectivity index (χ2n) is 5.16. The Bertz CT molecular complexity index is 423. The summed E-state index contributed by atoms with van der Waals surface area (Å²) in [6, 6.07) is 11.2. The summed E-state index contributed by atoms with van der Waals surface area (Å²) in [5.74, 6) is 0.952. The summed E-state index contributed by atoms with van der Waals surface area (Å²) in [5, 5.41) is 12.6. The van der Waals surface area contributed by atoms with Crippen molar-refractivity contribution in [3.8, 4) is 6.07 Å². The van der Waals surface area contributed by atoms with E-state index in [9.17, 15) is 5.26 Å². The van der Waals surface area contributed by atoms with E-state index in [0.29, 0.717) is 6.04 Å². The van der Waals surface area contributed by atoms with Gasteiger partial charge in [-0.15, -0.1) is 11.8 Å². The fraction of sp³-hybridized carbons (Fsp3) is 0.533. The van der Waals surface area contributed by atoms with Crippen LogP contribution in [0.2, 0.25) is 0 Å². The first-order valence-electron chi connectivity index (χ1n) is 6.33. The maximum Gasteiger partial charge on any atom is 0.104 e. The standard InChI is InChI=1S/C15H22N2S/c1-12(2)17-15(4,11-16)8-9-18-14-7-5-6-13(3)10-14/h5-7,10,12,17H,8-9H2,1-4H3. The minimum Gasteiger partial charge on any atom is -0.297 e. The van der Waals surface area contributed by atoms with Crippen molar-refractivity contribution >= 4 is 11.8 Å². The van der Waals surface area contributed by atoms with Crippen molar-refractivity contribution in [2.45, 2.75) is 50.6 Å². The van der Waals surface area contributed by atoms with E-state index in [1.54, 1.807) is 0 Å². The smallest absolute Gasteiger partial charge is 0.104 e. The molecule has 1 aromatic rings. The van der Waals surface area contributed by atoms with Crippen LogP contribution in [0.15, 0.2) is 29.2 Å². The molecule has 18 heavy (non-hydrogen) atoms. The van der Waals surface area contributed by atoms with Crippen LogP contribution in [0.3, 0.4) is 0 Å². The van der Waals surface area contributed by atoms with E-state index in [-0.39, 0.29) is 0 Å². The number of hydrogen-bond donors (Lipinski definition) is 1. The quantitative estimate of drug-likeness (QED) is 0.793. The molecule has 0 aromatic heterocycles. The van der Waals surface area contributed by atoms with E-state index in [4.69, 9.17) is 0 Å². The summed E-state index contributed by atoms with van der Waals surface area (Å²) in [7, 11) is 0. The largest absolute Gasteiger partial charge is 0.297 e. The van der Waals surface area contributed by atoms with Crippen LogP contribution in [0, 0.1) is 18.3 Å². The summed E-state index contributed by atoms with van der Waals surface area (Å²) in [5.41, 5.74) is 0.855. The average molecular weight is 262 g/mol. The lowest BCUT2D eigenvalue weighted by Crippen LogP contribution is -2.45. The Morgan fingerprint density at radius 3 is 2.72 bits per heavy atom. The van der Waals surface area contributed by atoms with Gasteiger partial charge in [-0.05, 0) is 46.2 Å². The Hall–Kier alpha value is -0.980. The van der Waals surface area contributed by atoms with Crippen LogP contribution in [0.1, 0.15) is 32.8 Å². The minimum atomic E-state index is -0.426. The first-order valence-corrected chi connectivity index (χ1v) is 7.32. The van der Waals surface area contributed by atoms with Crippen LogP contribution in [0.5, 0.6) is 0 Å². The molecule has 0 heterocycles. The minimum absolute atomic E-state index is 0.332. The van der Waals surface area contributed by atoms with Gasteiger partial charge in [0.05, 0.1) is 6.07 Å². The maximum absolute atomic E-state index is 9.25. The van der Waals surface area contributed by atoms with Gasteiger partial charge in [0.15, 0.2) is 0 Å². The summed E-state index contributed by atoms with van der Waals surface area (Å²) in [4.78, 5) is 1.28. The highest BCUT2D eigenvalue weighted by Crippen LogP contribution is 2.22. The molecular weight excluding hydrogens is 240 g/mol. The van der Waals surface area contributed by atoms with Crippen molar-refractivity contribution in [2.24, 2.45) is 0 Å². The van der Waals surface area contributed by atoms with Gasteiger partial charge >= 0.3 is 0 Å². The van der Waals surface area contributed by atoms with E-state index in [0.717, 1.165) is 12.2 Å². The SMILES string of the molecule is Cc1cccc(SCCC(C)(C#N)NC(C)C)c1. The first kappa shape index (κ1) is 15.1. The van der Waals surface area contributed by atoms with Gasteiger partial charge in [0.1, 0.15) is 5.54 Å². The van der Waals surface area contributed by atoms with Crippen molar-refractivity contribution in [3.05, 3.63) is 29.8 Å². The van der Waals surface area contributed by atoms with Crippen molar-refractivity contribution < 1.29 is 0 Å². The lowest BCUT2D eigenvalue weighted by atomic mass is 10.0. The molecule has 2 nitrogen and oxygen atoms in total. The van der Waals surface area contributed by atoms with Crippen LogP contribution < -0.4 is 5.32 Å². The molecule has 0 spiro atoms. The van der Waals surface area contributed by atoms with Gasteiger partial charge < -0.3 is 0 Å². The fourth-order valence-corrected chi connectivity index (χ4v) is 3.07. The number of nitriles is 1. The van der Waals surface area contributed by atoms with Crippen LogP contribution in [0.4, 0.5) is 0 Å². The lowest BCUT2D eigenvalue weighted by Gasteiger charge is -2.25. The third-order valence-electron chi connectivity index (χ3n) is 2.71. The van der Waals surface area contributed by atoms with Crippen LogP contribution in [-0.2, 0) is 0 Å². The Morgan fingerprint density at radius 2 is 2.17 bits per heavy atom. The molecule has 0 saturated heterocycles. The number of rotatable bonds is 6. The Kier molecular flexibility index (Phi) is 5.71. The molecule has 0 aliphatic heterocycles. The normalized spacial score (nSPS) is 14.2. The van der Waals surface area contributed by atoms with Gasteiger partial charge in [0.2, 0.25) is 0 Å². The summed E-state index contributed by atoms with van der Waals surface area (Å²) >= 11 is 1.81. The summed E-state index contributed by atoms with van der Waals surface area (Å²) in [6.45, 7) is 8.22. The molecule has 1 rings (SSSR count). The number of nitrogens with zero attached hydrogens (tertiary/aromatic N) is 1. The van der Waals surface area contributed by atoms with Crippen molar-refractivity contribution in [1.29, 1.82) is 5.26 Å². The van der Waals surface area contributed by atoms with Crippen LogP contribution in [0.25, 0.3) is 0 Å². The molecule has 1 unspecified atom stereocenters. The molecular formula is C15H22N2S. The van der Waals surface area contributed by atoms with Gasteiger partial charge in [0.25, 0.3) is 0 Å². The van der Waals surface area contributed by atoms with E-state index in [2.05, 4.69) is 56.4 Å². The summed E-state index contributed by atoms with van der Waals surface area (Å²) in [6.07, 6.45) is 0.848. The fourth-order valence-electron chi connectivity index (χ4n) is 1.88. The number of nitrogens with one attached hydrogen (secondary N) is 1. The number of hydrogen-bond acceptors (Lipinski definition) is 3. The van der Waals surface area contributed by atoms with Gasteiger partial charge in [-0.3, -0.25) is 5.32 Å². The Morgan fingerprint density at radius 1 is 1.44 bits per heavy atom. The molecule has 0 aliphatic carbocycles. The third-order valence-corrected chi connectivity index (χ3v) is 3.71. The average Bonchev–Trinajstić information content (AvgIpc) is 2.28. The molecule has 0 fully saturated rings. The van der Waals surface area contributed by atoms with Gasteiger partial charge in [0, 0.05) is 16.7 Å². The van der Waals surface area contributed by atoms with E-state index in [1.807, 2.05) is 18.7 Å². The van der Waals surface area contributed by atoms with Gasteiger partial charge in [-0.25, -0.2) is 0 Å². The summed E-state index contributed by atoms with van der Waals surface area (Å²) < 4.78 is 0. The lowest BCUT2D eigenvalue weighted by molar-refractivity contribution is 0.397. The molecule has 0 bridgehead atoms. The van der Waals surface area contributed by atoms with Crippen molar-refractivity contribution in [2.75, 3.05) is 5.75 Å². The Labute approximate surface area is 115 Å². The van der Waals surface area contributed by atoms with Crippen LogP contribution in [-0.4, -0.2) is 17.3 Å². The molecule has 1 aromatic carbocycles. The van der Waals surface area contributed by atoms with Crippen LogP contribution >= 0.6 is 11.8 Å². The molecule has 0 radical (unpaired) electrons. The van der Waals surface area contributed by atoms with Crippen molar-refractivity contribution in [3.63, 3.8) is 0 Å². The monoisotopic (exact) mass is 262 g/mol. The molecule has 0 amide bonds. The zero-order valence-corrected chi connectivity index (χ0v) is 12.5. The second kappa shape index (κ2) is 6.82. The zero-order chi connectivity index (χ0) is 13.6. The molecule has 0 aliphatic rings. The molecule has 1 N–H and O–H groups in total. The molecule has 3 heteroatoms. The molecule has 1 atom stereocenters. The van der Waals surface area contributed by atoms with Gasteiger partial charge in [-0.2, -0.15) is 5.26 Å². The number of thioether (sulfide) groups is 1. The highest BCUT2D eigenvalue weighted by atomic mass is 32.2. The second-order valence-corrected chi connectivity index (χ2v) is 6.33. The molecule has 0 saturated carbocycles. The van der Waals surface area contributed by atoms with E-state index >= 15 is 0 Å². The number of aryl methyl sites for hydroxylation is 1. The number of benzene rings is 1. The van der Waals surface area contributed by atoms with E-state index in [1.165, 1.54) is 10.5 Å². The third kappa shape index (κ3) is 5.12. The van der Waals surface area contributed by atoms with Gasteiger partial charge in [-0.1, -0.05) is 17.7 Å². The topological polar surface area (TPSA) is 35.8 Å². The predicted molar refractivity (Wildman–Crippen MR) is 78.8 cm³/mol. The highest BCUT2D eigenvalue weighted by molar-refractivity contribution is 7.99. The zero-order valence-electron chi connectivity index (χ0n) is 11.7. The highest BCUT2D eigenvalue weighted by Gasteiger charge is 2.23. The molecule has 98 valence electrons. The van der Waals surface area contributed by atoms with Crippen molar-refractivity contribution in [1.82, 2.24) is 5.32 Å². The maximum atomic E-state index is 9.25. The first-order chi connectivity index (χ1) is 8.45.